The molecule has 5 heteroatoms. The van der Waals surface area contributed by atoms with Crippen LogP contribution in [0.4, 0.5) is 4.79 Å². The van der Waals surface area contributed by atoms with E-state index < -0.39 is 5.60 Å². The van der Waals surface area contributed by atoms with Gasteiger partial charge in [0.25, 0.3) is 0 Å². The second-order valence-corrected chi connectivity index (χ2v) is 6.75. The molecule has 1 saturated heterocycles. The fourth-order valence-electron chi connectivity index (χ4n) is 2.26. The lowest BCUT2D eigenvalue weighted by Gasteiger charge is -2.33. The van der Waals surface area contributed by atoms with E-state index in [1.165, 1.54) is 0 Å². The van der Waals surface area contributed by atoms with Crippen LogP contribution in [0.3, 0.4) is 0 Å². The fraction of sp³-hybridized carbons (Fsp3) is 0.933. The highest BCUT2D eigenvalue weighted by atomic mass is 16.6. The van der Waals surface area contributed by atoms with Crippen LogP contribution in [0.5, 0.6) is 0 Å². The van der Waals surface area contributed by atoms with Crippen molar-refractivity contribution in [2.45, 2.75) is 58.7 Å². The van der Waals surface area contributed by atoms with Gasteiger partial charge in [-0.15, -0.1) is 0 Å². The van der Waals surface area contributed by atoms with Crippen molar-refractivity contribution in [1.82, 2.24) is 10.2 Å². The summed E-state index contributed by atoms with van der Waals surface area (Å²) in [6.07, 6.45) is 2.38. The molecule has 1 fully saturated rings. The van der Waals surface area contributed by atoms with Crippen LogP contribution in [0, 0.1) is 5.92 Å². The van der Waals surface area contributed by atoms with Crippen molar-refractivity contribution in [1.29, 1.82) is 0 Å². The molecule has 20 heavy (non-hydrogen) atoms. The Labute approximate surface area is 122 Å². The maximum atomic E-state index is 11.9. The molecule has 0 aromatic carbocycles. The Bertz CT molecular complexity index is 292. The third-order valence-electron chi connectivity index (χ3n) is 3.44. The van der Waals surface area contributed by atoms with Gasteiger partial charge in [-0.25, -0.2) is 4.79 Å². The van der Waals surface area contributed by atoms with Crippen LogP contribution < -0.4 is 5.32 Å². The number of piperidine rings is 1. The molecule has 0 aliphatic carbocycles. The predicted molar refractivity (Wildman–Crippen MR) is 79.7 cm³/mol. The molecule has 118 valence electrons. The molecule has 2 N–H and O–H groups in total. The number of carbonyl (C=O) groups excluding carboxylic acids is 1. The molecule has 0 bridgehead atoms. The summed E-state index contributed by atoms with van der Waals surface area (Å²) < 4.78 is 5.38. The lowest BCUT2D eigenvalue weighted by Crippen LogP contribution is -2.43. The van der Waals surface area contributed by atoms with Gasteiger partial charge >= 0.3 is 6.09 Å². The molecular formula is C15H30N2O3. The smallest absolute Gasteiger partial charge is 0.410 e. The van der Waals surface area contributed by atoms with Gasteiger partial charge in [0.1, 0.15) is 5.60 Å². The van der Waals surface area contributed by atoms with E-state index in [-0.39, 0.29) is 12.2 Å². The van der Waals surface area contributed by atoms with Crippen LogP contribution in [0.25, 0.3) is 0 Å². The highest BCUT2D eigenvalue weighted by Gasteiger charge is 2.26. The Morgan fingerprint density at radius 2 is 2.00 bits per heavy atom. The highest BCUT2D eigenvalue weighted by molar-refractivity contribution is 5.68. The van der Waals surface area contributed by atoms with Crippen molar-refractivity contribution in [2.75, 3.05) is 26.2 Å². The molecule has 0 spiro atoms. The molecule has 0 aromatic heterocycles. The monoisotopic (exact) mass is 286 g/mol. The highest BCUT2D eigenvalue weighted by Crippen LogP contribution is 2.19. The zero-order valence-electron chi connectivity index (χ0n) is 13.3. The zero-order chi connectivity index (χ0) is 15.2. The Kier molecular flexibility index (Phi) is 6.76. The molecule has 0 radical (unpaired) electrons. The quantitative estimate of drug-likeness (QED) is 0.759. The fourth-order valence-corrected chi connectivity index (χ4v) is 2.26. The Balaban J connectivity index is 2.18. The van der Waals surface area contributed by atoms with Crippen LogP contribution in [-0.4, -0.2) is 54.0 Å². The first-order valence-corrected chi connectivity index (χ1v) is 7.64. The van der Waals surface area contributed by atoms with E-state index in [0.29, 0.717) is 5.92 Å². The number of ether oxygens (including phenoxy) is 1. The molecule has 1 atom stereocenters. The van der Waals surface area contributed by atoms with Gasteiger partial charge in [-0.05, 0) is 66.0 Å². The normalized spacial score (nSPS) is 18.9. The largest absolute Gasteiger partial charge is 0.444 e. The number of likely N-dealkylation sites (tertiary alicyclic amines) is 1. The first-order valence-electron chi connectivity index (χ1n) is 7.64. The Morgan fingerprint density at radius 3 is 2.50 bits per heavy atom. The summed E-state index contributed by atoms with van der Waals surface area (Å²) in [6.45, 7) is 10.9. The van der Waals surface area contributed by atoms with E-state index in [0.717, 1.165) is 45.4 Å². The molecule has 1 rings (SSSR count). The molecule has 1 amide bonds. The number of nitrogens with zero attached hydrogens (tertiary/aromatic N) is 1. The summed E-state index contributed by atoms with van der Waals surface area (Å²) in [7, 11) is 0. The van der Waals surface area contributed by atoms with Gasteiger partial charge in [0.2, 0.25) is 0 Å². The summed E-state index contributed by atoms with van der Waals surface area (Å²) in [5, 5.41) is 12.6. The van der Waals surface area contributed by atoms with E-state index >= 15 is 0 Å². The molecule has 1 heterocycles. The van der Waals surface area contributed by atoms with Crippen molar-refractivity contribution in [2.24, 2.45) is 5.92 Å². The topological polar surface area (TPSA) is 61.8 Å². The van der Waals surface area contributed by atoms with E-state index in [2.05, 4.69) is 5.32 Å². The number of aliphatic hydroxyl groups excluding tert-OH is 1. The van der Waals surface area contributed by atoms with Crippen molar-refractivity contribution >= 4 is 6.09 Å². The number of rotatable bonds is 5. The van der Waals surface area contributed by atoms with Gasteiger partial charge in [-0.3, -0.25) is 0 Å². The van der Waals surface area contributed by atoms with Crippen molar-refractivity contribution < 1.29 is 14.6 Å². The van der Waals surface area contributed by atoms with Crippen molar-refractivity contribution in [3.63, 3.8) is 0 Å². The lowest BCUT2D eigenvalue weighted by molar-refractivity contribution is 0.0184. The Hall–Kier alpha value is -0.810. The van der Waals surface area contributed by atoms with Crippen LogP contribution in [0.15, 0.2) is 0 Å². The molecule has 1 aliphatic rings. The minimum atomic E-state index is -0.420. The van der Waals surface area contributed by atoms with Gasteiger partial charge in [0.15, 0.2) is 0 Å². The van der Waals surface area contributed by atoms with Gasteiger partial charge in [-0.2, -0.15) is 0 Å². The minimum absolute atomic E-state index is 0.196. The van der Waals surface area contributed by atoms with Crippen molar-refractivity contribution in [3.05, 3.63) is 0 Å². The number of hydrogen-bond donors (Lipinski definition) is 2. The number of nitrogens with one attached hydrogen (secondary N) is 1. The van der Waals surface area contributed by atoms with E-state index in [1.54, 1.807) is 11.8 Å². The number of aliphatic hydroxyl groups is 1. The standard InChI is InChI=1S/C15H30N2O3/c1-12(18)5-8-16-11-13-6-9-17(10-7-13)14(19)20-15(2,3)4/h12-13,16,18H,5-11H2,1-4H3. The average Bonchev–Trinajstić information content (AvgIpc) is 2.33. The van der Waals surface area contributed by atoms with Crippen LogP contribution in [-0.2, 0) is 4.74 Å². The third kappa shape index (κ3) is 7.10. The SMILES string of the molecule is CC(O)CCNCC1CCN(C(=O)OC(C)(C)C)CC1. The molecule has 0 saturated carbocycles. The number of amides is 1. The minimum Gasteiger partial charge on any atom is -0.444 e. The molecule has 1 unspecified atom stereocenters. The van der Waals surface area contributed by atoms with Gasteiger partial charge in [0.05, 0.1) is 6.10 Å². The second-order valence-electron chi connectivity index (χ2n) is 6.75. The van der Waals surface area contributed by atoms with Gasteiger partial charge < -0.3 is 20.1 Å². The molecular weight excluding hydrogens is 256 g/mol. The molecule has 0 aromatic rings. The summed E-state index contributed by atoms with van der Waals surface area (Å²) in [5.74, 6) is 0.614. The third-order valence-corrected chi connectivity index (χ3v) is 3.44. The van der Waals surface area contributed by atoms with E-state index in [4.69, 9.17) is 4.74 Å². The summed E-state index contributed by atoms with van der Waals surface area (Å²) in [6, 6.07) is 0. The van der Waals surface area contributed by atoms with E-state index in [1.807, 2.05) is 20.8 Å². The first kappa shape index (κ1) is 17.2. The van der Waals surface area contributed by atoms with Crippen LogP contribution >= 0.6 is 0 Å². The lowest BCUT2D eigenvalue weighted by atomic mass is 9.97. The Morgan fingerprint density at radius 1 is 1.40 bits per heavy atom. The van der Waals surface area contributed by atoms with Crippen LogP contribution in [0.2, 0.25) is 0 Å². The van der Waals surface area contributed by atoms with Gasteiger partial charge in [0, 0.05) is 13.1 Å². The average molecular weight is 286 g/mol. The van der Waals surface area contributed by atoms with Gasteiger partial charge in [-0.1, -0.05) is 0 Å². The summed E-state index contributed by atoms with van der Waals surface area (Å²) >= 11 is 0. The maximum absolute atomic E-state index is 11.9. The second kappa shape index (κ2) is 7.84. The summed E-state index contributed by atoms with van der Waals surface area (Å²) in [5.41, 5.74) is -0.420. The summed E-state index contributed by atoms with van der Waals surface area (Å²) in [4.78, 5) is 13.7. The van der Waals surface area contributed by atoms with Crippen molar-refractivity contribution in [3.8, 4) is 0 Å². The predicted octanol–water partition coefficient (Wildman–Crippen LogP) is 1.99. The number of carbonyl (C=O) groups is 1. The zero-order valence-corrected chi connectivity index (χ0v) is 13.3. The van der Waals surface area contributed by atoms with E-state index in [9.17, 15) is 9.90 Å². The van der Waals surface area contributed by atoms with Crippen LogP contribution in [0.1, 0.15) is 47.0 Å². The maximum Gasteiger partial charge on any atom is 0.410 e. The number of hydrogen-bond acceptors (Lipinski definition) is 4. The first-order chi connectivity index (χ1) is 9.28. The molecule has 5 nitrogen and oxygen atoms in total. The molecule has 1 aliphatic heterocycles.